The van der Waals surface area contributed by atoms with Crippen molar-refractivity contribution in [1.29, 1.82) is 0 Å². The Hall–Kier alpha value is -5.92. The van der Waals surface area contributed by atoms with Crippen molar-refractivity contribution in [2.45, 2.75) is 0 Å². The monoisotopic (exact) mass is 595 g/mol. The van der Waals surface area contributed by atoms with Gasteiger partial charge in [0.05, 0.1) is 34.3 Å². The van der Waals surface area contributed by atoms with Gasteiger partial charge in [-0.2, -0.15) is 0 Å². The van der Waals surface area contributed by atoms with Crippen LogP contribution < -0.4 is 0 Å². The van der Waals surface area contributed by atoms with E-state index >= 15 is 0 Å². The minimum absolute atomic E-state index is 0.400. The molecule has 0 aliphatic carbocycles. The van der Waals surface area contributed by atoms with Crippen LogP contribution in [0.15, 0.2) is 162 Å². The van der Waals surface area contributed by atoms with Crippen LogP contribution in [0.5, 0.6) is 0 Å². The summed E-state index contributed by atoms with van der Waals surface area (Å²) < 4.78 is 232. The van der Waals surface area contributed by atoms with Crippen LogP contribution >= 0.6 is 0 Å². The van der Waals surface area contributed by atoms with Crippen LogP contribution in [0.3, 0.4) is 0 Å². The predicted octanol–water partition coefficient (Wildman–Crippen LogP) is 12.7. The molecular formula is C44H26O. The standard InChI is InChI=1S/C44H26O/c1-3-13-29-27(11-1)23-25-32-31(29)19-9-20-33(32)41-34-15-5-7-17-36(34)42(37-18-8-6-16-35(37)41)38-21-10-22-39-44(38)43-30-14-4-2-12-28(30)24-26-40(43)45-39/h1-26H/i1D,2D,3D,4D,5D,7D,8D,9D,10D,11D,12D,13D,14D,15D,16D,17D,18D,19D,20D,21D,22D,23D,24D,25D,26D. The summed E-state index contributed by atoms with van der Waals surface area (Å²) in [6.07, 6.45) is 0. The van der Waals surface area contributed by atoms with Crippen LogP contribution in [0, 0.1) is 0 Å². The summed E-state index contributed by atoms with van der Waals surface area (Å²) in [5, 5.41) is -6.40. The number of rotatable bonds is 2. The summed E-state index contributed by atoms with van der Waals surface area (Å²) in [7, 11) is 0. The van der Waals surface area contributed by atoms with E-state index in [2.05, 4.69) is 0 Å². The van der Waals surface area contributed by atoms with Gasteiger partial charge in [-0.05, 0) is 88.2 Å². The molecule has 0 N–H and O–H groups in total. The molecule has 0 saturated carbocycles. The smallest absolute Gasteiger partial charge is 0.136 e. The molecular weight excluding hydrogens is 544 g/mol. The highest BCUT2D eigenvalue weighted by molar-refractivity contribution is 6.29. The first-order valence-electron chi connectivity index (χ1n) is 26.0. The highest BCUT2D eigenvalue weighted by atomic mass is 16.3. The van der Waals surface area contributed by atoms with Crippen LogP contribution in [-0.2, 0) is 0 Å². The van der Waals surface area contributed by atoms with E-state index in [9.17, 15) is 9.60 Å². The van der Waals surface area contributed by atoms with E-state index < -0.39 is 249 Å². The fourth-order valence-electron chi connectivity index (χ4n) is 6.00. The van der Waals surface area contributed by atoms with E-state index in [0.717, 1.165) is 6.07 Å². The Labute approximate surface area is 294 Å². The van der Waals surface area contributed by atoms with Crippen LogP contribution in [0.2, 0.25) is 0 Å². The molecule has 45 heavy (non-hydrogen) atoms. The number of hydrogen-bond donors (Lipinski definition) is 0. The van der Waals surface area contributed by atoms with Gasteiger partial charge in [0, 0.05) is 10.8 Å². The molecule has 208 valence electrons. The molecule has 10 aromatic rings. The van der Waals surface area contributed by atoms with Crippen LogP contribution in [0.25, 0.3) is 98.1 Å². The Bertz CT molecular complexity index is 4230. The van der Waals surface area contributed by atoms with Gasteiger partial charge < -0.3 is 4.42 Å². The SMILES string of the molecule is [2H]c1cc([2H])c2c(-c3c([2H])c([2H])c([2H])c4c3c([2H])c([2H])c3c([2H])c([2H])c([2H])c([2H])c34)c3c([2H])c([2H])c([2H])c([2H])c3c(-c3c([2H])c([2H])c([2H])c4oc5c([2H])c([2H])c6c([2H])c([2H])c([2H])c([2H])c6c5c34)c2c1[2H]. The second-order valence-electron chi connectivity index (χ2n) is 10.1. The van der Waals surface area contributed by atoms with Crippen molar-refractivity contribution in [2.75, 3.05) is 0 Å². The molecule has 0 amide bonds. The maximum absolute atomic E-state index is 9.59. The highest BCUT2D eigenvalue weighted by Crippen LogP contribution is 2.48. The lowest BCUT2D eigenvalue weighted by atomic mass is 9.83. The molecule has 0 radical (unpaired) electrons. The third-order valence-electron chi connectivity index (χ3n) is 7.81. The van der Waals surface area contributed by atoms with Gasteiger partial charge in [0.2, 0.25) is 0 Å². The molecule has 0 unspecified atom stereocenters. The van der Waals surface area contributed by atoms with Gasteiger partial charge in [-0.1, -0.05) is 145 Å². The van der Waals surface area contributed by atoms with Crippen molar-refractivity contribution in [3.8, 4) is 22.3 Å². The average molecular weight is 596 g/mol. The lowest BCUT2D eigenvalue weighted by Crippen LogP contribution is -1.92. The van der Waals surface area contributed by atoms with Crippen molar-refractivity contribution in [1.82, 2.24) is 0 Å². The van der Waals surface area contributed by atoms with E-state index in [1.165, 1.54) is 0 Å². The van der Waals surface area contributed by atoms with Gasteiger partial charge in [-0.3, -0.25) is 0 Å². The summed E-state index contributed by atoms with van der Waals surface area (Å²) in [5.74, 6) is 0. The summed E-state index contributed by atoms with van der Waals surface area (Å²) in [6, 6.07) is -19.9. The Morgan fingerprint density at radius 3 is 1.71 bits per heavy atom. The van der Waals surface area contributed by atoms with Gasteiger partial charge >= 0.3 is 0 Å². The van der Waals surface area contributed by atoms with Crippen molar-refractivity contribution >= 4 is 75.8 Å². The largest absolute Gasteiger partial charge is 0.456 e. The van der Waals surface area contributed by atoms with Crippen molar-refractivity contribution in [2.24, 2.45) is 0 Å². The van der Waals surface area contributed by atoms with E-state index in [1.54, 1.807) is 0 Å². The molecule has 1 heterocycles. The molecule has 0 fully saturated rings. The minimum atomic E-state index is -0.950. The van der Waals surface area contributed by atoms with Crippen molar-refractivity contribution in [3.05, 3.63) is 157 Å². The first-order chi connectivity index (χ1) is 32.7. The van der Waals surface area contributed by atoms with Gasteiger partial charge in [0.1, 0.15) is 11.2 Å². The third kappa shape index (κ3) is 3.44. The zero-order valence-electron chi connectivity index (χ0n) is 47.5. The maximum atomic E-state index is 9.59. The van der Waals surface area contributed by atoms with Crippen molar-refractivity contribution in [3.63, 3.8) is 0 Å². The molecule has 0 bridgehead atoms. The van der Waals surface area contributed by atoms with Crippen molar-refractivity contribution < 1.29 is 38.7 Å². The Kier molecular flexibility index (Phi) is 2.19. The Morgan fingerprint density at radius 2 is 0.889 bits per heavy atom. The molecule has 0 aliphatic heterocycles. The summed E-state index contributed by atoms with van der Waals surface area (Å²) in [6.45, 7) is 0. The van der Waals surface area contributed by atoms with Crippen LogP contribution in [0.1, 0.15) is 34.3 Å². The van der Waals surface area contributed by atoms with Crippen LogP contribution in [-0.4, -0.2) is 0 Å². The fourth-order valence-corrected chi connectivity index (χ4v) is 6.00. The Balaban J connectivity index is 1.60. The van der Waals surface area contributed by atoms with Gasteiger partial charge in [0.25, 0.3) is 0 Å². The van der Waals surface area contributed by atoms with E-state index in [1.807, 2.05) is 0 Å². The van der Waals surface area contributed by atoms with Gasteiger partial charge in [-0.15, -0.1) is 0 Å². The number of hydrogen-bond acceptors (Lipinski definition) is 1. The van der Waals surface area contributed by atoms with E-state index in [-0.39, 0.29) is 0 Å². The number of furan rings is 1. The van der Waals surface area contributed by atoms with Gasteiger partial charge in [-0.25, -0.2) is 0 Å². The number of fused-ring (bicyclic) bond motifs is 10. The molecule has 0 atom stereocenters. The molecule has 0 saturated heterocycles. The first-order valence-corrected chi connectivity index (χ1v) is 13.5. The topological polar surface area (TPSA) is 13.1 Å². The molecule has 1 aromatic heterocycles. The number of benzene rings is 9. The van der Waals surface area contributed by atoms with E-state index in [4.69, 9.17) is 29.1 Å². The third-order valence-corrected chi connectivity index (χ3v) is 7.81. The molecule has 10 rings (SSSR count). The maximum Gasteiger partial charge on any atom is 0.136 e. The van der Waals surface area contributed by atoms with Crippen LogP contribution in [0.4, 0.5) is 0 Å². The minimum Gasteiger partial charge on any atom is -0.456 e. The highest BCUT2D eigenvalue weighted by Gasteiger charge is 2.21. The van der Waals surface area contributed by atoms with E-state index in [0.29, 0.717) is 0 Å². The zero-order chi connectivity index (χ0) is 51.2. The molecule has 0 aliphatic rings. The first kappa shape index (κ1) is 10.6. The second-order valence-corrected chi connectivity index (χ2v) is 10.1. The molecule has 1 nitrogen and oxygen atoms in total. The normalized spacial score (nSPS) is 19.8. The zero-order valence-corrected chi connectivity index (χ0v) is 22.5. The summed E-state index contributed by atoms with van der Waals surface area (Å²) in [4.78, 5) is 0. The fraction of sp³-hybridized carbons (Fsp3) is 0. The Morgan fingerprint density at radius 1 is 0.333 bits per heavy atom. The lowest BCUT2D eigenvalue weighted by Gasteiger charge is -2.19. The molecule has 0 spiro atoms. The lowest BCUT2D eigenvalue weighted by molar-refractivity contribution is 0.669. The molecule has 9 aromatic carbocycles. The summed E-state index contributed by atoms with van der Waals surface area (Å²) >= 11 is 0. The quantitative estimate of drug-likeness (QED) is 0.143. The van der Waals surface area contributed by atoms with Gasteiger partial charge in [0.15, 0.2) is 0 Å². The average Bonchev–Trinajstić information content (AvgIpc) is 3.72. The second kappa shape index (κ2) is 9.29. The summed E-state index contributed by atoms with van der Waals surface area (Å²) in [5.41, 5.74) is -3.61. The predicted molar refractivity (Wildman–Crippen MR) is 192 cm³/mol. The molecule has 1 heteroatoms.